The van der Waals surface area contributed by atoms with E-state index in [2.05, 4.69) is 16.0 Å². The Balaban J connectivity index is 1.70. The number of nitrogens with zero attached hydrogens (tertiary/aromatic N) is 3. The Labute approximate surface area is 162 Å². The molecule has 7 heteroatoms. The Morgan fingerprint density at radius 1 is 0.964 bits per heavy atom. The number of benzene rings is 2. The molecule has 0 unspecified atom stereocenters. The van der Waals surface area contributed by atoms with E-state index in [1.807, 2.05) is 54.0 Å². The van der Waals surface area contributed by atoms with Crippen LogP contribution in [0.3, 0.4) is 0 Å². The molecule has 1 aliphatic heterocycles. The van der Waals surface area contributed by atoms with Crippen molar-refractivity contribution in [1.29, 1.82) is 0 Å². The fourth-order valence-corrected chi connectivity index (χ4v) is 3.31. The first kappa shape index (κ1) is 17.8. The molecule has 0 atom stereocenters. The summed E-state index contributed by atoms with van der Waals surface area (Å²) >= 11 is 0. The highest BCUT2D eigenvalue weighted by molar-refractivity contribution is 5.96. The van der Waals surface area contributed by atoms with Crippen molar-refractivity contribution < 1.29 is 9.59 Å². The van der Waals surface area contributed by atoms with Crippen molar-refractivity contribution >= 4 is 11.8 Å². The summed E-state index contributed by atoms with van der Waals surface area (Å²) in [6.07, 6.45) is 0.786. The molecule has 0 fully saturated rings. The van der Waals surface area contributed by atoms with E-state index < -0.39 is 5.91 Å². The van der Waals surface area contributed by atoms with Crippen LogP contribution in [-0.4, -0.2) is 33.2 Å². The molecule has 7 nitrogen and oxygen atoms in total. The van der Waals surface area contributed by atoms with Crippen molar-refractivity contribution in [1.82, 2.24) is 20.3 Å². The summed E-state index contributed by atoms with van der Waals surface area (Å²) in [6.45, 7) is 1.11. The monoisotopic (exact) mass is 373 g/mol. The highest BCUT2D eigenvalue weighted by atomic mass is 16.2. The minimum absolute atomic E-state index is 0.135. The van der Waals surface area contributed by atoms with Gasteiger partial charge < -0.3 is 4.90 Å². The molecule has 2 aromatic carbocycles. The van der Waals surface area contributed by atoms with Crippen molar-refractivity contribution in [3.05, 3.63) is 83.3 Å². The summed E-state index contributed by atoms with van der Waals surface area (Å²) in [7, 11) is 0. The maximum Gasteiger partial charge on any atom is 0.302 e. The first-order chi connectivity index (χ1) is 13.7. The van der Waals surface area contributed by atoms with Gasteiger partial charge in [0, 0.05) is 18.7 Å². The first-order valence-corrected chi connectivity index (χ1v) is 8.97. The maximum atomic E-state index is 13.1. The van der Waals surface area contributed by atoms with Gasteiger partial charge in [0.15, 0.2) is 0 Å². The third-order valence-electron chi connectivity index (χ3n) is 4.77. The van der Waals surface area contributed by atoms with Crippen molar-refractivity contribution in [2.75, 3.05) is 6.54 Å². The lowest BCUT2D eigenvalue weighted by Gasteiger charge is -2.28. The van der Waals surface area contributed by atoms with Gasteiger partial charge in [-0.05, 0) is 23.6 Å². The van der Waals surface area contributed by atoms with E-state index >= 15 is 0 Å². The van der Waals surface area contributed by atoms with Gasteiger partial charge >= 0.3 is 5.91 Å². The molecular formula is C21H19N5O2. The molecule has 4 rings (SSSR count). The van der Waals surface area contributed by atoms with Crippen LogP contribution in [0.2, 0.25) is 0 Å². The van der Waals surface area contributed by atoms with E-state index in [1.54, 1.807) is 11.0 Å². The number of fused-ring (bicyclic) bond motifs is 1. The zero-order valence-corrected chi connectivity index (χ0v) is 15.1. The summed E-state index contributed by atoms with van der Waals surface area (Å²) < 4.78 is 0. The molecule has 28 heavy (non-hydrogen) atoms. The number of nitrogens with one attached hydrogen (secondary N) is 1. The lowest BCUT2D eigenvalue weighted by atomic mass is 9.99. The molecular weight excluding hydrogens is 354 g/mol. The standard InChI is InChI=1S/C21H19N5O2/c22-25-20(27)19-23-17(15-7-2-1-3-8-15)12-18(24-19)21(28)26-11-10-14-6-4-5-9-16(14)13-26/h1-9,12H,10-11,13,22H2,(H,25,27). The molecule has 1 aliphatic rings. The van der Waals surface area contributed by atoms with Gasteiger partial charge in [-0.1, -0.05) is 54.6 Å². The van der Waals surface area contributed by atoms with E-state index in [4.69, 9.17) is 5.84 Å². The number of hydrogen-bond donors (Lipinski definition) is 2. The number of carbonyl (C=O) groups excluding carboxylic acids is 2. The second kappa shape index (κ2) is 7.58. The van der Waals surface area contributed by atoms with E-state index in [0.29, 0.717) is 18.8 Å². The molecule has 2 amide bonds. The van der Waals surface area contributed by atoms with Crippen LogP contribution < -0.4 is 11.3 Å². The highest BCUT2D eigenvalue weighted by Crippen LogP contribution is 2.22. The molecule has 0 spiro atoms. The van der Waals surface area contributed by atoms with E-state index in [-0.39, 0.29) is 17.4 Å². The Morgan fingerprint density at radius 3 is 2.43 bits per heavy atom. The third kappa shape index (κ3) is 3.47. The maximum absolute atomic E-state index is 13.1. The summed E-state index contributed by atoms with van der Waals surface area (Å²) in [5.41, 5.74) is 5.86. The van der Waals surface area contributed by atoms with E-state index in [0.717, 1.165) is 17.5 Å². The average molecular weight is 373 g/mol. The Kier molecular flexibility index (Phi) is 4.82. The molecule has 0 radical (unpaired) electrons. The van der Waals surface area contributed by atoms with Gasteiger partial charge in [0.25, 0.3) is 5.91 Å². The number of hydrogen-bond acceptors (Lipinski definition) is 5. The molecule has 0 bridgehead atoms. The number of nitrogens with two attached hydrogens (primary N) is 1. The van der Waals surface area contributed by atoms with Crippen LogP contribution in [-0.2, 0) is 13.0 Å². The second-order valence-electron chi connectivity index (χ2n) is 6.55. The topological polar surface area (TPSA) is 101 Å². The van der Waals surface area contributed by atoms with E-state index in [1.165, 1.54) is 5.56 Å². The fraction of sp³-hybridized carbons (Fsp3) is 0.143. The molecule has 1 aromatic heterocycles. The zero-order valence-electron chi connectivity index (χ0n) is 15.1. The predicted octanol–water partition coefficient (Wildman–Crippen LogP) is 1.95. The SMILES string of the molecule is NNC(=O)c1nc(C(=O)N2CCc3ccccc3C2)cc(-c2ccccc2)n1. The van der Waals surface area contributed by atoms with Crippen LogP contribution in [0.15, 0.2) is 60.7 Å². The number of aromatic nitrogens is 2. The van der Waals surface area contributed by atoms with Crippen molar-refractivity contribution in [3.8, 4) is 11.3 Å². The van der Waals surface area contributed by atoms with Gasteiger partial charge in [-0.3, -0.25) is 15.0 Å². The Morgan fingerprint density at radius 2 is 1.68 bits per heavy atom. The number of nitrogen functional groups attached to an aromatic ring is 1. The number of hydrazine groups is 1. The first-order valence-electron chi connectivity index (χ1n) is 8.97. The lowest BCUT2D eigenvalue weighted by Crippen LogP contribution is -2.37. The van der Waals surface area contributed by atoms with Crippen LogP contribution in [0, 0.1) is 0 Å². The third-order valence-corrected chi connectivity index (χ3v) is 4.77. The van der Waals surface area contributed by atoms with Gasteiger partial charge in [0.05, 0.1) is 5.69 Å². The minimum Gasteiger partial charge on any atom is -0.333 e. The summed E-state index contributed by atoms with van der Waals surface area (Å²) in [5, 5.41) is 0. The van der Waals surface area contributed by atoms with Crippen LogP contribution >= 0.6 is 0 Å². The largest absolute Gasteiger partial charge is 0.333 e. The molecule has 0 saturated carbocycles. The zero-order chi connectivity index (χ0) is 19.5. The predicted molar refractivity (Wildman–Crippen MR) is 104 cm³/mol. The van der Waals surface area contributed by atoms with Crippen molar-refractivity contribution in [2.24, 2.45) is 5.84 Å². The van der Waals surface area contributed by atoms with Gasteiger partial charge in [-0.15, -0.1) is 0 Å². The Bertz CT molecular complexity index is 1040. The molecule has 3 N–H and O–H groups in total. The molecule has 0 aliphatic carbocycles. The summed E-state index contributed by atoms with van der Waals surface area (Å²) in [6, 6.07) is 19.0. The molecule has 140 valence electrons. The van der Waals surface area contributed by atoms with Crippen LogP contribution in [0.4, 0.5) is 0 Å². The number of rotatable bonds is 3. The molecule has 3 aromatic rings. The van der Waals surface area contributed by atoms with Gasteiger partial charge in [0.1, 0.15) is 5.69 Å². The normalized spacial score (nSPS) is 13.0. The number of amides is 2. The quantitative estimate of drug-likeness (QED) is 0.415. The summed E-state index contributed by atoms with van der Waals surface area (Å²) in [4.78, 5) is 35.3. The lowest BCUT2D eigenvalue weighted by molar-refractivity contribution is 0.0728. The van der Waals surface area contributed by atoms with Crippen molar-refractivity contribution in [3.63, 3.8) is 0 Å². The smallest absolute Gasteiger partial charge is 0.302 e. The highest BCUT2D eigenvalue weighted by Gasteiger charge is 2.24. The van der Waals surface area contributed by atoms with Crippen LogP contribution in [0.5, 0.6) is 0 Å². The van der Waals surface area contributed by atoms with Gasteiger partial charge in [-0.25, -0.2) is 15.8 Å². The van der Waals surface area contributed by atoms with Crippen molar-refractivity contribution in [2.45, 2.75) is 13.0 Å². The van der Waals surface area contributed by atoms with Crippen LogP contribution in [0.1, 0.15) is 32.2 Å². The Hall–Kier alpha value is -3.58. The van der Waals surface area contributed by atoms with Crippen LogP contribution in [0.25, 0.3) is 11.3 Å². The van der Waals surface area contributed by atoms with E-state index in [9.17, 15) is 9.59 Å². The second-order valence-corrected chi connectivity index (χ2v) is 6.55. The summed E-state index contributed by atoms with van der Waals surface area (Å²) in [5.74, 6) is 4.23. The van der Waals surface area contributed by atoms with Gasteiger partial charge in [-0.2, -0.15) is 0 Å². The average Bonchev–Trinajstić information content (AvgIpc) is 2.78. The minimum atomic E-state index is -0.643. The fourth-order valence-electron chi connectivity index (χ4n) is 3.31. The molecule has 2 heterocycles. The molecule has 0 saturated heterocycles. The number of carbonyl (C=O) groups is 2. The van der Waals surface area contributed by atoms with Gasteiger partial charge in [0.2, 0.25) is 5.82 Å².